The Morgan fingerprint density at radius 1 is 1.16 bits per heavy atom. The Morgan fingerprint density at radius 2 is 1.92 bits per heavy atom. The molecule has 0 amide bonds. The minimum Gasteiger partial charge on any atom is -0.490 e. The van der Waals surface area contributed by atoms with E-state index in [2.05, 4.69) is 15.8 Å². The smallest absolute Gasteiger partial charge is 0.186 e. The first kappa shape index (κ1) is 18.7. The lowest BCUT2D eigenvalue weighted by atomic mass is 10.2. The average molecular weight is 361 g/mol. The Kier molecular flexibility index (Phi) is 7.16. The van der Waals surface area contributed by atoms with E-state index in [0.29, 0.717) is 29.8 Å². The molecule has 0 radical (unpaired) electrons. The maximum atomic E-state index is 12.9. The Balaban J connectivity index is 2.06. The summed E-state index contributed by atoms with van der Waals surface area (Å²) >= 11 is 4.94. The molecule has 7 heteroatoms. The Hall–Kier alpha value is -2.67. The second-order valence-corrected chi connectivity index (χ2v) is 5.41. The SMILES string of the molecule is CCOc1cc(/C=N\NC(=S)NC)ccc1OCc1ccc(F)cc1. The third kappa shape index (κ3) is 6.04. The third-order valence-electron chi connectivity index (χ3n) is 3.18. The molecule has 2 aromatic rings. The molecule has 0 aliphatic carbocycles. The molecule has 0 saturated heterocycles. The van der Waals surface area contributed by atoms with Gasteiger partial charge in [-0.2, -0.15) is 5.10 Å². The van der Waals surface area contributed by atoms with Crippen molar-refractivity contribution in [2.24, 2.45) is 5.10 Å². The molecule has 0 spiro atoms. The molecule has 5 nitrogen and oxygen atoms in total. The van der Waals surface area contributed by atoms with Crippen LogP contribution in [-0.2, 0) is 6.61 Å². The molecule has 0 aromatic heterocycles. The summed E-state index contributed by atoms with van der Waals surface area (Å²) in [5.74, 6) is 0.959. The molecule has 0 fully saturated rings. The highest BCUT2D eigenvalue weighted by molar-refractivity contribution is 7.80. The minimum absolute atomic E-state index is 0.270. The van der Waals surface area contributed by atoms with Gasteiger partial charge < -0.3 is 14.8 Å². The number of hydrogen-bond acceptors (Lipinski definition) is 4. The van der Waals surface area contributed by atoms with E-state index in [-0.39, 0.29) is 5.82 Å². The van der Waals surface area contributed by atoms with Gasteiger partial charge in [0.25, 0.3) is 0 Å². The summed E-state index contributed by atoms with van der Waals surface area (Å²) in [6, 6.07) is 11.7. The van der Waals surface area contributed by atoms with Crippen LogP contribution in [0.1, 0.15) is 18.1 Å². The third-order valence-corrected chi connectivity index (χ3v) is 3.48. The van der Waals surface area contributed by atoms with Crippen LogP contribution in [0.4, 0.5) is 4.39 Å². The molecule has 0 saturated carbocycles. The van der Waals surface area contributed by atoms with Gasteiger partial charge in [0, 0.05) is 7.05 Å². The number of halogens is 1. The maximum Gasteiger partial charge on any atom is 0.186 e. The van der Waals surface area contributed by atoms with Crippen LogP contribution in [0, 0.1) is 5.82 Å². The molecule has 0 atom stereocenters. The van der Waals surface area contributed by atoms with E-state index in [4.69, 9.17) is 21.7 Å². The van der Waals surface area contributed by atoms with Crippen LogP contribution in [0.5, 0.6) is 11.5 Å². The Bertz CT molecular complexity index is 736. The normalized spacial score (nSPS) is 10.5. The molecule has 2 N–H and O–H groups in total. The van der Waals surface area contributed by atoms with Crippen LogP contribution in [0.3, 0.4) is 0 Å². The minimum atomic E-state index is -0.270. The molecule has 132 valence electrons. The van der Waals surface area contributed by atoms with Crippen LogP contribution >= 0.6 is 12.2 Å². The zero-order valence-corrected chi connectivity index (χ0v) is 14.9. The lowest BCUT2D eigenvalue weighted by molar-refractivity contribution is 0.269. The maximum absolute atomic E-state index is 12.9. The van der Waals surface area contributed by atoms with Gasteiger partial charge in [-0.15, -0.1) is 0 Å². The average Bonchev–Trinajstić information content (AvgIpc) is 2.62. The number of ether oxygens (including phenoxy) is 2. The van der Waals surface area contributed by atoms with Crippen LogP contribution in [0.25, 0.3) is 0 Å². The first-order chi connectivity index (χ1) is 12.1. The molecule has 0 unspecified atom stereocenters. The van der Waals surface area contributed by atoms with Crippen molar-refractivity contribution in [3.63, 3.8) is 0 Å². The highest BCUT2D eigenvalue weighted by atomic mass is 32.1. The number of nitrogens with zero attached hydrogens (tertiary/aromatic N) is 1. The van der Waals surface area contributed by atoms with Gasteiger partial charge in [-0.25, -0.2) is 4.39 Å². The predicted octanol–water partition coefficient (Wildman–Crippen LogP) is 3.23. The summed E-state index contributed by atoms with van der Waals surface area (Å²) in [6.07, 6.45) is 1.63. The summed E-state index contributed by atoms with van der Waals surface area (Å²) in [5.41, 5.74) is 4.40. The van der Waals surface area contributed by atoms with Gasteiger partial charge in [0.05, 0.1) is 12.8 Å². The van der Waals surface area contributed by atoms with Gasteiger partial charge in [-0.05, 0) is 60.6 Å². The molecule has 0 aliphatic rings. The van der Waals surface area contributed by atoms with Crippen molar-refractivity contribution in [2.75, 3.05) is 13.7 Å². The molecule has 0 heterocycles. The van der Waals surface area contributed by atoms with Crippen molar-refractivity contribution < 1.29 is 13.9 Å². The number of nitrogens with one attached hydrogen (secondary N) is 2. The van der Waals surface area contributed by atoms with Crippen molar-refractivity contribution in [3.05, 3.63) is 59.4 Å². The highest BCUT2D eigenvalue weighted by Gasteiger charge is 2.06. The quantitative estimate of drug-likeness (QED) is 0.450. The highest BCUT2D eigenvalue weighted by Crippen LogP contribution is 2.28. The van der Waals surface area contributed by atoms with E-state index < -0.39 is 0 Å². The number of benzene rings is 2. The molecule has 0 bridgehead atoms. The zero-order valence-electron chi connectivity index (χ0n) is 14.1. The molecular weight excluding hydrogens is 341 g/mol. The van der Waals surface area contributed by atoms with Crippen LogP contribution in [0.15, 0.2) is 47.6 Å². The van der Waals surface area contributed by atoms with Crippen LogP contribution in [0.2, 0.25) is 0 Å². The van der Waals surface area contributed by atoms with Crippen molar-refractivity contribution in [1.82, 2.24) is 10.7 Å². The summed E-state index contributed by atoms with van der Waals surface area (Å²) in [4.78, 5) is 0. The van der Waals surface area contributed by atoms with E-state index in [9.17, 15) is 4.39 Å². The Labute approximate surface area is 151 Å². The molecule has 0 aliphatic heterocycles. The lowest BCUT2D eigenvalue weighted by Crippen LogP contribution is -2.28. The first-order valence-electron chi connectivity index (χ1n) is 7.77. The number of rotatable bonds is 7. The second kappa shape index (κ2) is 9.58. The van der Waals surface area contributed by atoms with Gasteiger partial charge in [0.15, 0.2) is 16.6 Å². The van der Waals surface area contributed by atoms with Gasteiger partial charge in [0.2, 0.25) is 0 Å². The summed E-state index contributed by atoms with van der Waals surface area (Å²) in [6.45, 7) is 2.73. The van der Waals surface area contributed by atoms with Gasteiger partial charge in [-0.3, -0.25) is 5.43 Å². The van der Waals surface area contributed by atoms with E-state index in [0.717, 1.165) is 11.1 Å². The standard InChI is InChI=1S/C18H20FN3O2S/c1-3-23-17-10-14(11-21-22-18(25)20-2)6-9-16(17)24-12-13-4-7-15(19)8-5-13/h4-11H,3,12H2,1-2H3,(H2,20,22,25)/b21-11-. The number of hydrogen-bond donors (Lipinski definition) is 2. The summed E-state index contributed by atoms with van der Waals surface area (Å²) < 4.78 is 24.4. The van der Waals surface area contributed by atoms with Crippen molar-refractivity contribution in [1.29, 1.82) is 0 Å². The van der Waals surface area contributed by atoms with Gasteiger partial charge in [-0.1, -0.05) is 12.1 Å². The second-order valence-electron chi connectivity index (χ2n) is 5.00. The monoisotopic (exact) mass is 361 g/mol. The topological polar surface area (TPSA) is 54.9 Å². The first-order valence-corrected chi connectivity index (χ1v) is 8.18. The van der Waals surface area contributed by atoms with Crippen molar-refractivity contribution in [2.45, 2.75) is 13.5 Å². The largest absolute Gasteiger partial charge is 0.490 e. The molecular formula is C18H20FN3O2S. The summed E-state index contributed by atoms with van der Waals surface area (Å²) in [7, 11) is 1.71. The van der Waals surface area contributed by atoms with Gasteiger partial charge >= 0.3 is 0 Å². The molecule has 2 rings (SSSR count). The number of hydrazone groups is 1. The molecule has 25 heavy (non-hydrogen) atoms. The molecule has 2 aromatic carbocycles. The fourth-order valence-electron chi connectivity index (χ4n) is 1.96. The van der Waals surface area contributed by atoms with Crippen molar-refractivity contribution in [3.8, 4) is 11.5 Å². The summed E-state index contributed by atoms with van der Waals surface area (Å²) in [5, 5.41) is 7.23. The van der Waals surface area contributed by atoms with E-state index in [1.807, 2.05) is 25.1 Å². The van der Waals surface area contributed by atoms with E-state index >= 15 is 0 Å². The fraction of sp³-hybridized carbons (Fsp3) is 0.222. The van der Waals surface area contributed by atoms with Crippen LogP contribution < -0.4 is 20.2 Å². The zero-order chi connectivity index (χ0) is 18.1. The fourth-order valence-corrected chi connectivity index (χ4v) is 2.01. The lowest BCUT2D eigenvalue weighted by Gasteiger charge is -2.12. The van der Waals surface area contributed by atoms with Crippen LogP contribution in [-0.4, -0.2) is 25.0 Å². The Morgan fingerprint density at radius 3 is 2.60 bits per heavy atom. The number of thiocarbonyl (C=S) groups is 1. The predicted molar refractivity (Wildman–Crippen MR) is 101 cm³/mol. The van der Waals surface area contributed by atoms with E-state index in [1.54, 1.807) is 25.4 Å². The van der Waals surface area contributed by atoms with Crippen molar-refractivity contribution >= 4 is 23.5 Å². The van der Waals surface area contributed by atoms with E-state index in [1.165, 1.54) is 12.1 Å². The van der Waals surface area contributed by atoms with Gasteiger partial charge in [0.1, 0.15) is 12.4 Å².